The monoisotopic (exact) mass is 243 g/mol. The number of rotatable bonds is 3. The molecule has 0 bridgehead atoms. The van der Waals surface area contributed by atoms with Gasteiger partial charge < -0.3 is 5.11 Å². The minimum absolute atomic E-state index is 0.156. The molecule has 2 aromatic rings. The van der Waals surface area contributed by atoms with Gasteiger partial charge in [0.1, 0.15) is 0 Å². The molecule has 2 rings (SSSR count). The number of aromatic nitrogens is 1. The van der Waals surface area contributed by atoms with Crippen molar-refractivity contribution in [2.45, 2.75) is 33.3 Å². The Kier molecular flexibility index (Phi) is 3.40. The van der Waals surface area contributed by atoms with Gasteiger partial charge in [-0.1, -0.05) is 45.9 Å². The van der Waals surface area contributed by atoms with Crippen molar-refractivity contribution in [1.29, 1.82) is 0 Å². The maximum atomic E-state index is 11.1. The van der Waals surface area contributed by atoms with Gasteiger partial charge in [-0.15, -0.1) is 0 Å². The smallest absolute Gasteiger partial charge is 0.0948 e. The van der Waals surface area contributed by atoms with E-state index >= 15 is 0 Å². The average Bonchev–Trinajstić information content (AvgIpc) is 2.36. The summed E-state index contributed by atoms with van der Waals surface area (Å²) in [7, 11) is 0. The van der Waals surface area contributed by atoms with Crippen molar-refractivity contribution < 1.29 is 5.11 Å². The first kappa shape index (κ1) is 13.0. The Hall–Kier alpha value is -1.41. The maximum Gasteiger partial charge on any atom is 0.0948 e. The molecule has 0 aliphatic rings. The molecule has 1 N–H and O–H groups in total. The van der Waals surface area contributed by atoms with Crippen molar-refractivity contribution in [2.24, 2.45) is 11.8 Å². The van der Waals surface area contributed by atoms with Gasteiger partial charge in [0.05, 0.1) is 11.1 Å². The average molecular weight is 243 g/mol. The molecule has 0 atom stereocenters. The molecule has 0 fully saturated rings. The Morgan fingerprint density at radius 1 is 1.00 bits per heavy atom. The van der Waals surface area contributed by atoms with Crippen molar-refractivity contribution in [3.8, 4) is 0 Å². The van der Waals surface area contributed by atoms with Crippen LogP contribution in [0.2, 0.25) is 0 Å². The van der Waals surface area contributed by atoms with E-state index in [0.29, 0.717) is 0 Å². The molecule has 1 aromatic carbocycles. The van der Waals surface area contributed by atoms with Crippen LogP contribution in [0.15, 0.2) is 36.5 Å². The number of fused-ring (bicyclic) bond motifs is 1. The van der Waals surface area contributed by atoms with Crippen molar-refractivity contribution in [1.82, 2.24) is 4.98 Å². The SMILES string of the molecule is CC(C)C(O)(c1cccc2ncccc12)C(C)C. The summed E-state index contributed by atoms with van der Waals surface area (Å²) in [5.41, 5.74) is 1.11. The van der Waals surface area contributed by atoms with Gasteiger partial charge in [0.15, 0.2) is 0 Å². The van der Waals surface area contributed by atoms with E-state index in [1.807, 2.05) is 30.3 Å². The molecule has 0 amide bonds. The van der Waals surface area contributed by atoms with Crippen molar-refractivity contribution in [3.05, 3.63) is 42.1 Å². The molecule has 0 saturated heterocycles. The fourth-order valence-electron chi connectivity index (χ4n) is 2.74. The Morgan fingerprint density at radius 3 is 2.28 bits per heavy atom. The third-order valence-corrected chi connectivity index (χ3v) is 3.84. The van der Waals surface area contributed by atoms with Crippen LogP contribution in [0.5, 0.6) is 0 Å². The van der Waals surface area contributed by atoms with Crippen molar-refractivity contribution in [2.75, 3.05) is 0 Å². The van der Waals surface area contributed by atoms with Crippen LogP contribution in [-0.4, -0.2) is 10.1 Å². The van der Waals surface area contributed by atoms with Crippen LogP contribution in [0.25, 0.3) is 10.9 Å². The minimum atomic E-state index is -0.817. The summed E-state index contributed by atoms with van der Waals surface area (Å²) in [6, 6.07) is 9.94. The summed E-state index contributed by atoms with van der Waals surface area (Å²) in [5, 5.41) is 12.2. The lowest BCUT2D eigenvalue weighted by molar-refractivity contribution is -0.0518. The summed E-state index contributed by atoms with van der Waals surface area (Å²) in [6.07, 6.45) is 1.79. The zero-order chi connectivity index (χ0) is 13.3. The zero-order valence-electron chi connectivity index (χ0n) is 11.5. The molecule has 1 aromatic heterocycles. The van der Waals surface area contributed by atoms with Gasteiger partial charge in [0.25, 0.3) is 0 Å². The van der Waals surface area contributed by atoms with Crippen LogP contribution >= 0.6 is 0 Å². The topological polar surface area (TPSA) is 33.1 Å². The second-order valence-electron chi connectivity index (χ2n) is 5.51. The van der Waals surface area contributed by atoms with Gasteiger partial charge in [-0.2, -0.15) is 0 Å². The van der Waals surface area contributed by atoms with Crippen LogP contribution in [0.4, 0.5) is 0 Å². The first-order valence-electron chi connectivity index (χ1n) is 6.54. The highest BCUT2D eigenvalue weighted by atomic mass is 16.3. The van der Waals surface area contributed by atoms with Crippen LogP contribution < -0.4 is 0 Å². The second-order valence-corrected chi connectivity index (χ2v) is 5.51. The highest BCUT2D eigenvalue weighted by molar-refractivity contribution is 5.82. The van der Waals surface area contributed by atoms with Crippen molar-refractivity contribution in [3.63, 3.8) is 0 Å². The fourth-order valence-corrected chi connectivity index (χ4v) is 2.74. The molecule has 1 heterocycles. The third-order valence-electron chi connectivity index (χ3n) is 3.84. The Labute approximate surface area is 109 Å². The Bertz CT molecular complexity index is 532. The predicted molar refractivity (Wildman–Crippen MR) is 75.3 cm³/mol. The summed E-state index contributed by atoms with van der Waals surface area (Å²) in [5.74, 6) is 0.312. The van der Waals surface area contributed by atoms with Gasteiger partial charge >= 0.3 is 0 Å². The van der Waals surface area contributed by atoms with E-state index in [0.717, 1.165) is 16.5 Å². The first-order valence-corrected chi connectivity index (χ1v) is 6.54. The summed E-state index contributed by atoms with van der Waals surface area (Å²) < 4.78 is 0. The molecule has 0 aliphatic heterocycles. The molecule has 2 nitrogen and oxygen atoms in total. The van der Waals surface area contributed by atoms with Crippen LogP contribution in [0.3, 0.4) is 0 Å². The highest BCUT2D eigenvalue weighted by Gasteiger charge is 2.37. The fraction of sp³-hybridized carbons (Fsp3) is 0.438. The van der Waals surface area contributed by atoms with E-state index in [2.05, 4.69) is 32.7 Å². The molecular weight excluding hydrogens is 222 g/mol. The van der Waals surface area contributed by atoms with Crippen molar-refractivity contribution >= 4 is 10.9 Å². The molecule has 0 aliphatic carbocycles. The minimum Gasteiger partial charge on any atom is -0.385 e. The molecule has 96 valence electrons. The third kappa shape index (κ3) is 1.91. The van der Waals surface area contributed by atoms with Gasteiger partial charge in [0.2, 0.25) is 0 Å². The highest BCUT2D eigenvalue weighted by Crippen LogP contribution is 2.39. The lowest BCUT2D eigenvalue weighted by Crippen LogP contribution is -2.37. The second kappa shape index (κ2) is 4.69. The van der Waals surface area contributed by atoms with Crippen LogP contribution in [-0.2, 0) is 5.60 Å². The number of hydrogen-bond acceptors (Lipinski definition) is 2. The molecule has 0 radical (unpaired) electrons. The van der Waals surface area contributed by atoms with Gasteiger partial charge in [-0.05, 0) is 29.5 Å². The Balaban J connectivity index is 2.73. The van der Waals surface area contributed by atoms with E-state index in [-0.39, 0.29) is 11.8 Å². The lowest BCUT2D eigenvalue weighted by Gasteiger charge is -2.37. The molecule has 0 spiro atoms. The number of hydrogen-bond donors (Lipinski definition) is 1. The van der Waals surface area contributed by atoms with E-state index in [1.54, 1.807) is 6.20 Å². The lowest BCUT2D eigenvalue weighted by atomic mass is 9.74. The summed E-state index contributed by atoms with van der Waals surface area (Å²) >= 11 is 0. The molecule has 0 saturated carbocycles. The van der Waals surface area contributed by atoms with Gasteiger partial charge in [0, 0.05) is 11.6 Å². The van der Waals surface area contributed by atoms with E-state index < -0.39 is 5.60 Å². The normalized spacial score (nSPS) is 12.6. The number of benzene rings is 1. The number of aliphatic hydroxyl groups is 1. The molecular formula is C16H21NO. The molecule has 2 heteroatoms. The quantitative estimate of drug-likeness (QED) is 0.891. The van der Waals surface area contributed by atoms with Crippen LogP contribution in [0, 0.1) is 11.8 Å². The van der Waals surface area contributed by atoms with E-state index in [1.165, 1.54) is 0 Å². The zero-order valence-corrected chi connectivity index (χ0v) is 11.5. The molecule has 18 heavy (non-hydrogen) atoms. The summed E-state index contributed by atoms with van der Waals surface area (Å²) in [6.45, 7) is 8.26. The number of pyridine rings is 1. The largest absolute Gasteiger partial charge is 0.385 e. The number of nitrogens with zero attached hydrogens (tertiary/aromatic N) is 1. The first-order chi connectivity index (χ1) is 8.48. The standard InChI is InChI=1S/C16H21NO/c1-11(2)16(18,12(3)4)14-8-5-9-15-13(14)7-6-10-17-15/h5-12,18H,1-4H3. The van der Waals surface area contributed by atoms with Gasteiger partial charge in [-0.25, -0.2) is 0 Å². The Morgan fingerprint density at radius 2 is 1.67 bits per heavy atom. The summed E-state index contributed by atoms with van der Waals surface area (Å²) in [4.78, 5) is 4.36. The van der Waals surface area contributed by atoms with E-state index in [4.69, 9.17) is 0 Å². The molecule has 0 unspecified atom stereocenters. The predicted octanol–water partition coefficient (Wildman–Crippen LogP) is 3.73. The van der Waals surface area contributed by atoms with Crippen LogP contribution in [0.1, 0.15) is 33.3 Å². The maximum absolute atomic E-state index is 11.1. The van der Waals surface area contributed by atoms with Gasteiger partial charge in [-0.3, -0.25) is 4.98 Å². The van der Waals surface area contributed by atoms with E-state index in [9.17, 15) is 5.11 Å².